The maximum absolute atomic E-state index is 14.5. The van der Waals surface area contributed by atoms with Crippen molar-refractivity contribution in [2.24, 2.45) is 5.73 Å². The van der Waals surface area contributed by atoms with Gasteiger partial charge in [0.2, 0.25) is 0 Å². The van der Waals surface area contributed by atoms with Crippen LogP contribution < -0.4 is 5.73 Å². The van der Waals surface area contributed by atoms with Gasteiger partial charge in [0, 0.05) is 33.8 Å². The molecular formula is C20H20F3IN2O3. The summed E-state index contributed by atoms with van der Waals surface area (Å²) in [6, 6.07) is 5.65. The van der Waals surface area contributed by atoms with Crippen LogP contribution in [0.1, 0.15) is 27.9 Å². The first kappa shape index (κ1) is 22.0. The zero-order valence-electron chi connectivity index (χ0n) is 15.3. The molecule has 5 nitrogen and oxygen atoms in total. The summed E-state index contributed by atoms with van der Waals surface area (Å²) < 4.78 is 43.2. The van der Waals surface area contributed by atoms with Gasteiger partial charge in [-0.05, 0) is 58.8 Å². The Kier molecular flexibility index (Phi) is 6.51. The third-order valence-corrected chi connectivity index (χ3v) is 5.83. The molecule has 1 amide bonds. The van der Waals surface area contributed by atoms with Crippen molar-refractivity contribution in [3.63, 3.8) is 0 Å². The van der Waals surface area contributed by atoms with Crippen LogP contribution >= 0.6 is 22.6 Å². The van der Waals surface area contributed by atoms with Crippen LogP contribution in [-0.4, -0.2) is 52.4 Å². The molecule has 2 aromatic carbocycles. The summed E-state index contributed by atoms with van der Waals surface area (Å²) in [7, 11) is 0. The summed E-state index contributed by atoms with van der Waals surface area (Å²) in [6.45, 7) is -0.390. The van der Waals surface area contributed by atoms with Crippen LogP contribution in [0.4, 0.5) is 13.2 Å². The predicted molar refractivity (Wildman–Crippen MR) is 109 cm³/mol. The second-order valence-electron chi connectivity index (χ2n) is 7.18. The fourth-order valence-corrected chi connectivity index (χ4v) is 3.85. The zero-order valence-corrected chi connectivity index (χ0v) is 17.5. The zero-order chi connectivity index (χ0) is 21.3. The lowest BCUT2D eigenvalue weighted by Gasteiger charge is -2.49. The lowest BCUT2D eigenvalue weighted by atomic mass is 9.84. The van der Waals surface area contributed by atoms with Crippen LogP contribution in [0.2, 0.25) is 0 Å². The molecular weight excluding hydrogens is 500 g/mol. The maximum atomic E-state index is 14.5. The van der Waals surface area contributed by atoms with E-state index in [0.717, 1.165) is 12.1 Å². The van der Waals surface area contributed by atoms with Gasteiger partial charge in [-0.25, -0.2) is 13.2 Å². The highest BCUT2D eigenvalue weighted by Crippen LogP contribution is 2.30. The molecule has 1 fully saturated rings. The lowest BCUT2D eigenvalue weighted by Crippen LogP contribution is -2.71. The maximum Gasteiger partial charge on any atom is 0.254 e. The average molecular weight is 520 g/mol. The Morgan fingerprint density at radius 3 is 2.52 bits per heavy atom. The Labute approximate surface area is 179 Å². The molecule has 0 bridgehead atoms. The number of aliphatic hydroxyl groups excluding tert-OH is 1. The van der Waals surface area contributed by atoms with Crippen molar-refractivity contribution in [2.75, 3.05) is 19.7 Å². The van der Waals surface area contributed by atoms with E-state index < -0.39 is 35.0 Å². The molecule has 0 aliphatic carbocycles. The number of hydrogen-bond donors (Lipinski definition) is 3. The highest BCUT2D eigenvalue weighted by Gasteiger charge is 2.48. The monoisotopic (exact) mass is 520 g/mol. The van der Waals surface area contributed by atoms with E-state index in [0.29, 0.717) is 3.57 Å². The van der Waals surface area contributed by atoms with Crippen LogP contribution in [0, 0.1) is 21.0 Å². The van der Waals surface area contributed by atoms with Gasteiger partial charge in [-0.2, -0.15) is 0 Å². The van der Waals surface area contributed by atoms with E-state index in [9.17, 15) is 23.1 Å². The molecule has 4 N–H and O–H groups in total. The van der Waals surface area contributed by atoms with E-state index in [1.165, 1.54) is 17.0 Å². The standard InChI is InChI=1S/C20H20F3IN2O3/c21-15-4-3-13(19(28)26-9-20(29,10-26)17(25)5-6-27)14(18(15)23)7-11-1-2-12(24)8-16(11)22/h1-4,8,17,27,29H,5-7,9-10,25H2. The smallest absolute Gasteiger partial charge is 0.254 e. The van der Waals surface area contributed by atoms with Crippen LogP contribution in [0.25, 0.3) is 0 Å². The van der Waals surface area contributed by atoms with E-state index in [4.69, 9.17) is 10.8 Å². The number of benzene rings is 2. The molecule has 0 saturated carbocycles. The minimum atomic E-state index is -1.35. The number of carbonyl (C=O) groups is 1. The topological polar surface area (TPSA) is 86.8 Å². The number of nitrogens with two attached hydrogens (primary N) is 1. The van der Waals surface area contributed by atoms with Crippen LogP contribution in [0.3, 0.4) is 0 Å². The quantitative estimate of drug-likeness (QED) is 0.510. The molecule has 2 aromatic rings. The van der Waals surface area contributed by atoms with Gasteiger partial charge in [-0.3, -0.25) is 4.79 Å². The average Bonchev–Trinajstić information content (AvgIpc) is 2.64. The fraction of sp³-hybridized carbons (Fsp3) is 0.350. The highest BCUT2D eigenvalue weighted by atomic mass is 127. The number of β-amino-alcohol motifs (C(OH)–C–C–N with tert-alkyl or cyclic N) is 1. The Morgan fingerprint density at radius 1 is 1.21 bits per heavy atom. The van der Waals surface area contributed by atoms with Crippen molar-refractivity contribution in [3.8, 4) is 0 Å². The fourth-order valence-electron chi connectivity index (χ4n) is 3.39. The first-order valence-corrected chi connectivity index (χ1v) is 10.0. The Balaban J connectivity index is 1.87. The molecule has 156 valence electrons. The molecule has 3 rings (SSSR count). The van der Waals surface area contributed by atoms with Crippen molar-refractivity contribution in [1.82, 2.24) is 4.90 Å². The normalized spacial score (nSPS) is 16.4. The summed E-state index contributed by atoms with van der Waals surface area (Å²) in [5.74, 6) is -3.52. The third kappa shape index (κ3) is 4.42. The lowest BCUT2D eigenvalue weighted by molar-refractivity contribution is -0.0997. The number of halogens is 4. The molecule has 1 heterocycles. The summed E-state index contributed by atoms with van der Waals surface area (Å²) in [5.41, 5.74) is 4.27. The Hall–Kier alpha value is -1.69. The minimum Gasteiger partial charge on any atom is -0.396 e. The first-order valence-electron chi connectivity index (χ1n) is 8.95. The number of hydrogen-bond acceptors (Lipinski definition) is 4. The molecule has 0 aromatic heterocycles. The molecule has 1 atom stereocenters. The van der Waals surface area contributed by atoms with Gasteiger partial charge in [0.1, 0.15) is 11.4 Å². The molecule has 1 aliphatic rings. The van der Waals surface area contributed by atoms with E-state index in [1.807, 2.05) is 22.6 Å². The molecule has 1 saturated heterocycles. The van der Waals surface area contributed by atoms with Crippen LogP contribution in [-0.2, 0) is 6.42 Å². The van der Waals surface area contributed by atoms with Gasteiger partial charge in [-0.15, -0.1) is 0 Å². The van der Waals surface area contributed by atoms with Crippen molar-refractivity contribution < 1.29 is 28.2 Å². The largest absolute Gasteiger partial charge is 0.396 e. The van der Waals surface area contributed by atoms with Crippen molar-refractivity contribution in [3.05, 3.63) is 68.0 Å². The molecule has 1 unspecified atom stereocenters. The van der Waals surface area contributed by atoms with E-state index in [2.05, 4.69) is 0 Å². The molecule has 0 radical (unpaired) electrons. The van der Waals surface area contributed by atoms with Gasteiger partial charge < -0.3 is 20.8 Å². The third-order valence-electron chi connectivity index (χ3n) is 5.16. The number of aliphatic hydroxyl groups is 2. The number of carbonyl (C=O) groups excluding carboxylic acids is 1. The van der Waals surface area contributed by atoms with Crippen molar-refractivity contribution >= 4 is 28.5 Å². The van der Waals surface area contributed by atoms with Crippen molar-refractivity contribution in [1.29, 1.82) is 0 Å². The SMILES string of the molecule is NC(CCO)C1(O)CN(C(=O)c2ccc(F)c(F)c2Cc2ccc(I)cc2F)C1. The highest BCUT2D eigenvalue weighted by molar-refractivity contribution is 14.1. The molecule has 9 heteroatoms. The van der Waals surface area contributed by atoms with Crippen molar-refractivity contribution in [2.45, 2.75) is 24.5 Å². The van der Waals surface area contributed by atoms with Crippen LogP contribution in [0.15, 0.2) is 30.3 Å². The minimum absolute atomic E-state index is 0.0939. The van der Waals surface area contributed by atoms with Gasteiger partial charge in [0.15, 0.2) is 11.6 Å². The number of amides is 1. The van der Waals surface area contributed by atoms with Crippen LogP contribution in [0.5, 0.6) is 0 Å². The molecule has 0 spiro atoms. The number of nitrogens with zero attached hydrogens (tertiary/aromatic N) is 1. The molecule has 1 aliphatic heterocycles. The van der Waals surface area contributed by atoms with Gasteiger partial charge >= 0.3 is 0 Å². The number of likely N-dealkylation sites (tertiary alicyclic amines) is 1. The van der Waals surface area contributed by atoms with E-state index >= 15 is 0 Å². The summed E-state index contributed by atoms with van der Waals surface area (Å²) in [5, 5.41) is 19.4. The van der Waals surface area contributed by atoms with Gasteiger partial charge in [0.25, 0.3) is 5.91 Å². The number of rotatable bonds is 6. The van der Waals surface area contributed by atoms with E-state index in [-0.39, 0.29) is 49.2 Å². The summed E-state index contributed by atoms with van der Waals surface area (Å²) in [4.78, 5) is 14.1. The second-order valence-corrected chi connectivity index (χ2v) is 8.43. The van der Waals surface area contributed by atoms with E-state index in [1.54, 1.807) is 6.07 Å². The van der Waals surface area contributed by atoms with Gasteiger partial charge in [0.05, 0.1) is 13.1 Å². The predicted octanol–water partition coefficient (Wildman–Crippen LogP) is 2.20. The summed E-state index contributed by atoms with van der Waals surface area (Å²) in [6.07, 6.45) is -0.128. The molecule has 29 heavy (non-hydrogen) atoms. The van der Waals surface area contributed by atoms with Gasteiger partial charge in [-0.1, -0.05) is 6.07 Å². The Bertz CT molecular complexity index is 935. The Morgan fingerprint density at radius 2 is 1.90 bits per heavy atom. The first-order chi connectivity index (χ1) is 13.7. The second kappa shape index (κ2) is 8.58. The summed E-state index contributed by atoms with van der Waals surface area (Å²) >= 11 is 1.93.